The van der Waals surface area contributed by atoms with E-state index in [2.05, 4.69) is 34.4 Å². The number of carbonyl (C=O) groups excluding carboxylic acids is 4. The van der Waals surface area contributed by atoms with Gasteiger partial charge in [-0.15, -0.1) is 13.2 Å². The maximum atomic E-state index is 15.1. The minimum absolute atomic E-state index is 0.0428. The predicted octanol–water partition coefficient (Wildman–Crippen LogP) is 4.72. The Balaban J connectivity index is 1.56. The molecule has 3 aliphatic rings. The van der Waals surface area contributed by atoms with Crippen LogP contribution in [-0.4, -0.2) is 95.2 Å². The summed E-state index contributed by atoms with van der Waals surface area (Å²) >= 11 is 3.74. The number of hydrogen-bond donors (Lipinski definition) is 2. The summed E-state index contributed by atoms with van der Waals surface area (Å²) in [5.74, 6) is -3.90. The molecule has 52 heavy (non-hydrogen) atoms. The maximum absolute atomic E-state index is 15.1. The largest absolute Gasteiger partial charge is 0.455 e. The molecule has 2 aromatic carbocycles. The first kappa shape index (κ1) is 39.4. The van der Waals surface area contributed by atoms with Gasteiger partial charge in [-0.1, -0.05) is 83.5 Å². The van der Waals surface area contributed by atoms with Crippen LogP contribution < -0.4 is 10.2 Å². The minimum Gasteiger partial charge on any atom is -0.455 e. The first-order chi connectivity index (χ1) is 25.0. The SMILES string of the molecule is C=CCCC(=O)N[C@@H](COC)[C@@H](OC(=O)[C@H]1[C@@H]2O[C@@]3(CC2Br)[C@@H]1C(=O)N([C@@H](CC)CO)[C@@H]3C(=O)N(CC=C)c1c(C)cccc1C)c1ccccc1. The Morgan fingerprint density at radius 2 is 1.83 bits per heavy atom. The number of alkyl halides is 1. The number of aliphatic hydroxyl groups excluding tert-OH is 1. The van der Waals surface area contributed by atoms with E-state index < -0.39 is 59.6 Å². The molecule has 12 heteroatoms. The highest BCUT2D eigenvalue weighted by Crippen LogP contribution is 2.61. The van der Waals surface area contributed by atoms with Gasteiger partial charge in [-0.3, -0.25) is 19.2 Å². The minimum atomic E-state index is -1.39. The number of aliphatic hydroxyl groups is 1. The van der Waals surface area contributed by atoms with Crippen molar-refractivity contribution >= 4 is 45.3 Å². The predicted molar refractivity (Wildman–Crippen MR) is 201 cm³/mol. The topological polar surface area (TPSA) is 135 Å². The summed E-state index contributed by atoms with van der Waals surface area (Å²) in [6.07, 6.45) is 2.87. The van der Waals surface area contributed by atoms with Crippen molar-refractivity contribution in [2.24, 2.45) is 11.8 Å². The smallest absolute Gasteiger partial charge is 0.313 e. The molecule has 0 radical (unpaired) electrons. The Bertz CT molecular complexity index is 1630. The van der Waals surface area contributed by atoms with Crippen LogP contribution in [0.5, 0.6) is 0 Å². The number of benzene rings is 2. The zero-order valence-electron chi connectivity index (χ0n) is 30.3. The molecule has 5 rings (SSSR count). The van der Waals surface area contributed by atoms with Crippen LogP contribution in [0.15, 0.2) is 73.8 Å². The van der Waals surface area contributed by atoms with Crippen molar-refractivity contribution in [1.82, 2.24) is 10.2 Å². The van der Waals surface area contributed by atoms with Crippen LogP contribution in [0.1, 0.15) is 55.4 Å². The molecule has 3 fully saturated rings. The molecule has 9 atom stereocenters. The molecule has 3 amide bonds. The Kier molecular flexibility index (Phi) is 12.8. The van der Waals surface area contributed by atoms with E-state index in [1.807, 2.05) is 57.2 Å². The van der Waals surface area contributed by atoms with E-state index in [1.54, 1.807) is 29.2 Å². The third-order valence-corrected chi connectivity index (χ3v) is 11.4. The van der Waals surface area contributed by atoms with Gasteiger partial charge in [0, 0.05) is 30.6 Å². The first-order valence-corrected chi connectivity index (χ1v) is 18.8. The van der Waals surface area contributed by atoms with Gasteiger partial charge >= 0.3 is 5.97 Å². The average Bonchev–Trinajstić information content (AvgIpc) is 3.73. The van der Waals surface area contributed by atoms with Crippen molar-refractivity contribution in [1.29, 1.82) is 0 Å². The second-order valence-electron chi connectivity index (χ2n) is 13.9. The molecular weight excluding hydrogens is 730 g/mol. The zero-order chi connectivity index (χ0) is 37.7. The van der Waals surface area contributed by atoms with Gasteiger partial charge in [0.05, 0.1) is 43.2 Å². The summed E-state index contributed by atoms with van der Waals surface area (Å²) in [5.41, 5.74) is 1.70. The Labute approximate surface area is 314 Å². The van der Waals surface area contributed by atoms with Crippen LogP contribution in [0.4, 0.5) is 5.69 Å². The lowest BCUT2D eigenvalue weighted by Gasteiger charge is -2.39. The fraction of sp³-hybridized carbons (Fsp3) is 0.500. The fourth-order valence-electron chi connectivity index (χ4n) is 8.35. The molecule has 1 spiro atoms. The van der Waals surface area contributed by atoms with Crippen LogP contribution in [0.3, 0.4) is 0 Å². The second kappa shape index (κ2) is 16.9. The van der Waals surface area contributed by atoms with Gasteiger partial charge in [0.2, 0.25) is 11.8 Å². The van der Waals surface area contributed by atoms with Crippen LogP contribution in [-0.2, 0) is 33.4 Å². The number of esters is 1. The normalized spacial score (nSPS) is 26.3. The molecule has 0 aromatic heterocycles. The summed E-state index contributed by atoms with van der Waals surface area (Å²) in [6.45, 7) is 13.1. The lowest BCUT2D eigenvalue weighted by molar-refractivity contribution is -0.163. The van der Waals surface area contributed by atoms with Gasteiger partial charge in [-0.05, 0) is 49.8 Å². The number of aryl methyl sites for hydroxylation is 2. The third kappa shape index (κ3) is 7.22. The van der Waals surface area contributed by atoms with Crippen molar-refractivity contribution in [2.45, 2.75) is 87.2 Å². The van der Waals surface area contributed by atoms with Crippen molar-refractivity contribution < 1.29 is 38.5 Å². The van der Waals surface area contributed by atoms with E-state index >= 15 is 4.79 Å². The number of para-hydroxylation sites is 1. The number of likely N-dealkylation sites (tertiary alicyclic amines) is 1. The number of amides is 3. The van der Waals surface area contributed by atoms with E-state index in [4.69, 9.17) is 14.2 Å². The van der Waals surface area contributed by atoms with Crippen LogP contribution in [0, 0.1) is 25.7 Å². The molecule has 2 bridgehead atoms. The number of halogens is 1. The number of nitrogens with one attached hydrogen (secondary N) is 1. The van der Waals surface area contributed by atoms with Gasteiger partial charge in [-0.25, -0.2) is 0 Å². The standard InChI is InChI=1S/C40H50BrN3O8/c1-7-10-19-30(46)42-29(23-50-6)34(26-17-12-11-13-18-26)51-39(49)31-32-37(47)44(27(9-3)22-45)36(40(32)21-28(41)35(31)52-40)38(48)43(20-8-2)33-24(4)15-14-16-25(33)5/h7-8,11-18,27-29,31-32,34-36,45H,1-2,9-10,19-23H2,3-6H3,(H,42,46)/t27-,28?,29-,31+,32-,34-,35+,36+,40-/m0/s1. The number of carbonyl (C=O) groups is 4. The van der Waals surface area contributed by atoms with E-state index in [0.717, 1.165) is 11.1 Å². The van der Waals surface area contributed by atoms with Crippen molar-refractivity contribution in [3.63, 3.8) is 0 Å². The number of anilines is 1. The summed E-state index contributed by atoms with van der Waals surface area (Å²) in [4.78, 5) is 60.1. The molecular formula is C40H50BrN3O8. The molecule has 1 unspecified atom stereocenters. The molecule has 3 heterocycles. The fourth-order valence-corrected chi connectivity index (χ4v) is 9.29. The molecule has 0 aliphatic carbocycles. The average molecular weight is 781 g/mol. The highest BCUT2D eigenvalue weighted by atomic mass is 79.9. The van der Waals surface area contributed by atoms with Crippen molar-refractivity contribution in [3.05, 3.63) is 90.5 Å². The number of fused-ring (bicyclic) bond motifs is 1. The summed E-state index contributed by atoms with van der Waals surface area (Å²) in [5, 5.41) is 13.5. The third-order valence-electron chi connectivity index (χ3n) is 10.6. The van der Waals surface area contributed by atoms with Gasteiger partial charge < -0.3 is 34.4 Å². The number of nitrogens with zero attached hydrogens (tertiary/aromatic N) is 2. The highest BCUT2D eigenvalue weighted by molar-refractivity contribution is 9.09. The number of ether oxygens (including phenoxy) is 3. The van der Waals surface area contributed by atoms with E-state index in [1.165, 1.54) is 12.0 Å². The van der Waals surface area contributed by atoms with Crippen LogP contribution in [0.25, 0.3) is 0 Å². The van der Waals surface area contributed by atoms with Crippen LogP contribution >= 0.6 is 15.9 Å². The highest BCUT2D eigenvalue weighted by Gasteiger charge is 2.77. The molecule has 2 N–H and O–H groups in total. The van der Waals surface area contributed by atoms with Crippen molar-refractivity contribution in [2.75, 3.05) is 31.8 Å². The van der Waals surface area contributed by atoms with Gasteiger partial charge in [0.1, 0.15) is 17.7 Å². The van der Waals surface area contributed by atoms with Gasteiger partial charge in [0.25, 0.3) is 5.91 Å². The molecule has 2 aromatic rings. The van der Waals surface area contributed by atoms with Crippen molar-refractivity contribution in [3.8, 4) is 0 Å². The van der Waals surface area contributed by atoms with Gasteiger partial charge in [0.15, 0.2) is 0 Å². The Morgan fingerprint density at radius 1 is 1.13 bits per heavy atom. The first-order valence-electron chi connectivity index (χ1n) is 17.9. The Morgan fingerprint density at radius 3 is 2.42 bits per heavy atom. The summed E-state index contributed by atoms with van der Waals surface area (Å²) in [6, 6.07) is 12.2. The van der Waals surface area contributed by atoms with E-state index in [0.29, 0.717) is 24.1 Å². The number of allylic oxidation sites excluding steroid dienone is 1. The molecule has 3 saturated heterocycles. The summed E-state index contributed by atoms with van der Waals surface area (Å²) in [7, 11) is 1.50. The lowest BCUT2D eigenvalue weighted by Crippen LogP contribution is -2.59. The van der Waals surface area contributed by atoms with E-state index in [-0.39, 0.29) is 49.2 Å². The lowest BCUT2D eigenvalue weighted by atomic mass is 9.70. The zero-order valence-corrected chi connectivity index (χ0v) is 31.9. The Hall–Kier alpha value is -3.84. The van der Waals surface area contributed by atoms with Gasteiger partial charge in [-0.2, -0.15) is 0 Å². The van der Waals surface area contributed by atoms with Crippen LogP contribution in [0.2, 0.25) is 0 Å². The number of methoxy groups -OCH3 is 1. The monoisotopic (exact) mass is 779 g/mol. The number of rotatable bonds is 17. The molecule has 0 saturated carbocycles. The molecule has 3 aliphatic heterocycles. The molecule has 280 valence electrons. The van der Waals surface area contributed by atoms with E-state index in [9.17, 15) is 19.5 Å². The summed E-state index contributed by atoms with van der Waals surface area (Å²) < 4.78 is 18.6. The quantitative estimate of drug-likeness (QED) is 0.134. The molecule has 11 nitrogen and oxygen atoms in total. The maximum Gasteiger partial charge on any atom is 0.313 e. The number of hydrogen-bond acceptors (Lipinski definition) is 8. The second-order valence-corrected chi connectivity index (χ2v) is 15.0.